The van der Waals surface area contributed by atoms with E-state index in [1.165, 1.54) is 57.8 Å². The van der Waals surface area contributed by atoms with Gasteiger partial charge in [0.15, 0.2) is 0 Å². The van der Waals surface area contributed by atoms with Crippen LogP contribution in [-0.2, 0) is 0 Å². The van der Waals surface area contributed by atoms with E-state index in [1.54, 1.807) is 0 Å². The van der Waals surface area contributed by atoms with E-state index in [1.807, 2.05) is 0 Å². The van der Waals surface area contributed by atoms with Crippen LogP contribution >= 0.6 is 15.9 Å². The summed E-state index contributed by atoms with van der Waals surface area (Å²) in [5.74, 6) is 0. The lowest BCUT2D eigenvalue weighted by Gasteiger charge is -2.17. The van der Waals surface area contributed by atoms with Crippen molar-refractivity contribution in [3.63, 3.8) is 0 Å². The third-order valence-electron chi connectivity index (χ3n) is 3.35. The van der Waals surface area contributed by atoms with Crippen molar-refractivity contribution in [2.75, 3.05) is 0 Å². The molecular weight excluding hydrogens is 276 g/mol. The van der Waals surface area contributed by atoms with E-state index in [0.29, 0.717) is 4.83 Å². The molecule has 2 heteroatoms. The van der Waals surface area contributed by atoms with Gasteiger partial charge in [-0.1, -0.05) is 87.6 Å². The zero-order valence-corrected chi connectivity index (χ0v) is 13.3. The Morgan fingerprint density at radius 2 is 1.24 bits per heavy atom. The standard InChI is InChI=1S/C15H31BrO/c1-3-5-7-9-11-13-15(17)14(16)12-10-8-6-4-2/h14-15,17H,3-13H2,1-2H3. The Balaban J connectivity index is 3.36. The molecule has 2 atom stereocenters. The lowest BCUT2D eigenvalue weighted by atomic mass is 10.0. The molecule has 1 nitrogen and oxygen atoms in total. The van der Waals surface area contributed by atoms with E-state index >= 15 is 0 Å². The third kappa shape index (κ3) is 11.3. The molecule has 0 heterocycles. The van der Waals surface area contributed by atoms with Crippen LogP contribution in [0.4, 0.5) is 0 Å². The van der Waals surface area contributed by atoms with Gasteiger partial charge in [0.1, 0.15) is 0 Å². The SMILES string of the molecule is CCCCCCCC(O)C(Br)CCCCCC. The molecule has 1 N–H and O–H groups in total. The first-order valence-electron chi connectivity index (χ1n) is 7.54. The normalized spacial score (nSPS) is 14.8. The van der Waals surface area contributed by atoms with E-state index in [0.717, 1.165) is 12.8 Å². The second kappa shape index (κ2) is 12.9. The zero-order chi connectivity index (χ0) is 12.9. The summed E-state index contributed by atoms with van der Waals surface area (Å²) in [5, 5.41) is 9.98. The summed E-state index contributed by atoms with van der Waals surface area (Å²) in [4.78, 5) is 0.311. The number of hydrogen-bond acceptors (Lipinski definition) is 1. The van der Waals surface area contributed by atoms with Crippen LogP contribution in [0.5, 0.6) is 0 Å². The van der Waals surface area contributed by atoms with E-state index in [9.17, 15) is 5.11 Å². The van der Waals surface area contributed by atoms with E-state index in [-0.39, 0.29) is 6.10 Å². The molecule has 0 bridgehead atoms. The van der Waals surface area contributed by atoms with Crippen molar-refractivity contribution < 1.29 is 5.11 Å². The highest BCUT2D eigenvalue weighted by Crippen LogP contribution is 2.19. The Labute approximate surface area is 117 Å². The topological polar surface area (TPSA) is 20.2 Å². The van der Waals surface area contributed by atoms with Crippen LogP contribution in [0.1, 0.15) is 84.5 Å². The van der Waals surface area contributed by atoms with Crippen molar-refractivity contribution in [3.05, 3.63) is 0 Å². The number of rotatable bonds is 12. The van der Waals surface area contributed by atoms with Gasteiger partial charge < -0.3 is 5.11 Å². The number of unbranched alkanes of at least 4 members (excludes halogenated alkanes) is 7. The highest BCUT2D eigenvalue weighted by atomic mass is 79.9. The molecule has 104 valence electrons. The first-order valence-corrected chi connectivity index (χ1v) is 8.46. The first kappa shape index (κ1) is 17.4. The second-order valence-corrected chi connectivity index (χ2v) is 6.31. The summed E-state index contributed by atoms with van der Waals surface area (Å²) in [6.07, 6.45) is 13.5. The van der Waals surface area contributed by atoms with Gasteiger partial charge in [-0.25, -0.2) is 0 Å². The van der Waals surface area contributed by atoms with Crippen LogP contribution in [0.2, 0.25) is 0 Å². The smallest absolute Gasteiger partial charge is 0.0665 e. The molecule has 17 heavy (non-hydrogen) atoms. The summed E-state index contributed by atoms with van der Waals surface area (Å²) in [5.41, 5.74) is 0. The average Bonchev–Trinajstić information content (AvgIpc) is 2.34. The molecule has 2 unspecified atom stereocenters. The minimum atomic E-state index is -0.141. The summed E-state index contributed by atoms with van der Waals surface area (Å²) in [7, 11) is 0. The summed E-state index contributed by atoms with van der Waals surface area (Å²) in [6.45, 7) is 4.47. The molecule has 0 saturated heterocycles. The maximum atomic E-state index is 9.98. The van der Waals surface area contributed by atoms with Gasteiger partial charge in [0.25, 0.3) is 0 Å². The van der Waals surface area contributed by atoms with Crippen molar-refractivity contribution in [1.29, 1.82) is 0 Å². The van der Waals surface area contributed by atoms with Gasteiger partial charge in [-0.15, -0.1) is 0 Å². The Bertz CT molecular complexity index is 150. The van der Waals surface area contributed by atoms with Gasteiger partial charge in [0.2, 0.25) is 0 Å². The van der Waals surface area contributed by atoms with E-state index in [4.69, 9.17) is 0 Å². The van der Waals surface area contributed by atoms with Crippen LogP contribution in [-0.4, -0.2) is 16.0 Å². The van der Waals surface area contributed by atoms with Crippen molar-refractivity contribution >= 4 is 15.9 Å². The molecule has 0 rings (SSSR count). The van der Waals surface area contributed by atoms with E-state index in [2.05, 4.69) is 29.8 Å². The molecule has 0 aliphatic carbocycles. The predicted octanol–water partition coefficient (Wildman–Crippen LogP) is 5.44. The van der Waals surface area contributed by atoms with Crippen LogP contribution in [0.15, 0.2) is 0 Å². The fourth-order valence-corrected chi connectivity index (χ4v) is 2.68. The number of halogens is 1. The Morgan fingerprint density at radius 1 is 0.765 bits per heavy atom. The molecule has 0 aromatic carbocycles. The number of aliphatic hydroxyl groups excluding tert-OH is 1. The van der Waals surface area contributed by atoms with Gasteiger partial charge in [-0.3, -0.25) is 0 Å². The highest BCUT2D eigenvalue weighted by Gasteiger charge is 2.14. The van der Waals surface area contributed by atoms with Gasteiger partial charge >= 0.3 is 0 Å². The Hall–Kier alpha value is 0.440. The molecule has 0 saturated carbocycles. The maximum Gasteiger partial charge on any atom is 0.0665 e. The molecule has 0 aliphatic rings. The number of alkyl halides is 1. The minimum absolute atomic E-state index is 0.141. The first-order chi connectivity index (χ1) is 8.22. The van der Waals surface area contributed by atoms with Crippen molar-refractivity contribution in [2.45, 2.75) is 95.4 Å². The summed E-state index contributed by atoms with van der Waals surface area (Å²) in [6, 6.07) is 0. The molecule has 0 radical (unpaired) electrons. The molecule has 0 aliphatic heterocycles. The lowest BCUT2D eigenvalue weighted by molar-refractivity contribution is 0.155. The predicted molar refractivity (Wildman–Crippen MR) is 80.9 cm³/mol. The molecule has 0 spiro atoms. The average molecular weight is 307 g/mol. The molecule has 0 aromatic rings. The van der Waals surface area contributed by atoms with Crippen LogP contribution in [0.25, 0.3) is 0 Å². The summed E-state index contributed by atoms with van der Waals surface area (Å²) < 4.78 is 0. The van der Waals surface area contributed by atoms with E-state index < -0.39 is 0 Å². The van der Waals surface area contributed by atoms with Crippen LogP contribution in [0.3, 0.4) is 0 Å². The molecule has 0 fully saturated rings. The van der Waals surface area contributed by atoms with Crippen molar-refractivity contribution in [1.82, 2.24) is 0 Å². The second-order valence-electron chi connectivity index (χ2n) is 5.14. The third-order valence-corrected chi connectivity index (χ3v) is 4.42. The highest BCUT2D eigenvalue weighted by molar-refractivity contribution is 9.09. The lowest BCUT2D eigenvalue weighted by Crippen LogP contribution is -2.20. The van der Waals surface area contributed by atoms with Gasteiger partial charge in [0, 0.05) is 4.83 Å². The largest absolute Gasteiger partial charge is 0.392 e. The minimum Gasteiger partial charge on any atom is -0.392 e. The van der Waals surface area contributed by atoms with Crippen molar-refractivity contribution in [2.24, 2.45) is 0 Å². The molecule has 0 aromatic heterocycles. The van der Waals surface area contributed by atoms with Gasteiger partial charge in [-0.05, 0) is 12.8 Å². The quantitative estimate of drug-likeness (QED) is 0.376. The zero-order valence-electron chi connectivity index (χ0n) is 11.8. The fourth-order valence-electron chi connectivity index (χ4n) is 2.10. The Kier molecular flexibility index (Phi) is 13.2. The maximum absolute atomic E-state index is 9.98. The number of aliphatic hydroxyl groups is 1. The monoisotopic (exact) mass is 306 g/mol. The van der Waals surface area contributed by atoms with Gasteiger partial charge in [0.05, 0.1) is 6.10 Å². The number of hydrogen-bond donors (Lipinski definition) is 1. The molecule has 0 amide bonds. The van der Waals surface area contributed by atoms with Crippen LogP contribution in [0, 0.1) is 0 Å². The Morgan fingerprint density at radius 3 is 1.82 bits per heavy atom. The van der Waals surface area contributed by atoms with Crippen LogP contribution < -0.4 is 0 Å². The van der Waals surface area contributed by atoms with Gasteiger partial charge in [-0.2, -0.15) is 0 Å². The fraction of sp³-hybridized carbons (Fsp3) is 1.00. The molecular formula is C15H31BrO. The summed E-state index contributed by atoms with van der Waals surface area (Å²) >= 11 is 3.63. The van der Waals surface area contributed by atoms with Crippen molar-refractivity contribution in [3.8, 4) is 0 Å².